The van der Waals surface area contributed by atoms with Gasteiger partial charge in [0.1, 0.15) is 5.82 Å². The fourth-order valence-electron chi connectivity index (χ4n) is 2.57. The molecule has 0 spiro atoms. The summed E-state index contributed by atoms with van der Waals surface area (Å²) in [5.41, 5.74) is 1.94. The van der Waals surface area contributed by atoms with Gasteiger partial charge < -0.3 is 20.3 Å². The molecule has 1 fully saturated rings. The van der Waals surface area contributed by atoms with Gasteiger partial charge in [0.15, 0.2) is 5.65 Å². The Morgan fingerprint density at radius 1 is 1.25 bits per heavy atom. The lowest BCUT2D eigenvalue weighted by atomic mass is 10.3. The van der Waals surface area contributed by atoms with Gasteiger partial charge in [0.25, 0.3) is 0 Å². The van der Waals surface area contributed by atoms with Gasteiger partial charge in [0, 0.05) is 33.2 Å². The van der Waals surface area contributed by atoms with Crippen LogP contribution < -0.4 is 5.32 Å². The predicted molar refractivity (Wildman–Crippen MR) is 105 cm³/mol. The van der Waals surface area contributed by atoms with E-state index in [-0.39, 0.29) is 1.43 Å². The van der Waals surface area contributed by atoms with E-state index in [1.807, 2.05) is 29.8 Å². The molecule has 3 N–H and O–H groups in total. The zero-order valence-electron chi connectivity index (χ0n) is 15.7. The van der Waals surface area contributed by atoms with E-state index in [1.54, 1.807) is 0 Å². The van der Waals surface area contributed by atoms with Crippen molar-refractivity contribution < 1.29 is 26.0 Å². The Kier molecular flexibility index (Phi) is 8.37. The Labute approximate surface area is 163 Å². The van der Waals surface area contributed by atoms with Crippen LogP contribution in [0.3, 0.4) is 0 Å². The number of carboxylic acids is 2. The van der Waals surface area contributed by atoms with Crippen LogP contribution in [0.2, 0.25) is 0 Å². The van der Waals surface area contributed by atoms with Crippen LogP contribution in [0.5, 0.6) is 0 Å². The minimum absolute atomic E-state index is 0. The van der Waals surface area contributed by atoms with Crippen LogP contribution in [0, 0.1) is 6.92 Å². The van der Waals surface area contributed by atoms with Crippen LogP contribution in [0.25, 0.3) is 5.65 Å². The average Bonchev–Trinajstić information content (AvgIpc) is 3.05. The molecule has 0 aliphatic carbocycles. The van der Waals surface area contributed by atoms with Crippen molar-refractivity contribution in [2.75, 3.05) is 44.7 Å². The molecule has 0 atom stereocenters. The molecular weight excluding hydrogens is 366 g/mol. The number of carboxylic acid groups (broad SMARTS) is 2. The molecule has 0 saturated carbocycles. The Morgan fingerprint density at radius 3 is 2.57 bits per heavy atom. The van der Waals surface area contributed by atoms with Crippen molar-refractivity contribution in [3.63, 3.8) is 0 Å². The Hall–Kier alpha value is -2.98. The number of carbonyl (C=O) groups is 2. The fourth-order valence-corrected chi connectivity index (χ4v) is 2.57. The molecule has 1 aliphatic heterocycles. The number of fused-ring (bicyclic) bond motifs is 1. The van der Waals surface area contributed by atoms with Crippen molar-refractivity contribution >= 4 is 23.4 Å². The number of nitrogens with one attached hydrogen (secondary N) is 1. The van der Waals surface area contributed by atoms with E-state index in [0.29, 0.717) is 12.2 Å². The van der Waals surface area contributed by atoms with Crippen LogP contribution in [0.1, 0.15) is 13.5 Å². The van der Waals surface area contributed by atoms with Crippen molar-refractivity contribution in [2.24, 2.45) is 0 Å². The number of rotatable bonds is 7. The minimum atomic E-state index is -1.26. The third kappa shape index (κ3) is 7.33. The second-order valence-corrected chi connectivity index (χ2v) is 6.13. The van der Waals surface area contributed by atoms with Gasteiger partial charge in [-0.25, -0.2) is 19.1 Å². The molecule has 154 valence electrons. The lowest BCUT2D eigenvalue weighted by Crippen LogP contribution is -2.37. The maximum absolute atomic E-state index is 9.55. The predicted octanol–water partition coefficient (Wildman–Crippen LogP) is 1.13. The number of ether oxygens (including phenoxy) is 1. The lowest BCUT2D eigenvalue weighted by molar-refractivity contribution is -0.134. The normalized spacial score (nSPS) is 14.6. The molecule has 10 heteroatoms. The number of aryl methyl sites for hydroxylation is 1. The van der Waals surface area contributed by atoms with Crippen LogP contribution in [-0.2, 0) is 14.3 Å². The molecule has 3 rings (SSSR count). The van der Waals surface area contributed by atoms with Crippen molar-refractivity contribution in [3.8, 4) is 0 Å². The van der Waals surface area contributed by atoms with Crippen LogP contribution >= 0.6 is 0 Å². The van der Waals surface area contributed by atoms with Crippen molar-refractivity contribution in [3.05, 3.63) is 36.2 Å². The van der Waals surface area contributed by atoms with Gasteiger partial charge in [-0.15, -0.1) is 5.10 Å². The maximum Gasteiger partial charge on any atom is 0.328 e. The summed E-state index contributed by atoms with van der Waals surface area (Å²) in [6.45, 7) is 7.90. The first-order valence-corrected chi connectivity index (χ1v) is 8.95. The Morgan fingerprint density at radius 2 is 1.93 bits per heavy atom. The molecule has 10 nitrogen and oxygen atoms in total. The molecule has 0 amide bonds. The van der Waals surface area contributed by atoms with E-state index in [0.717, 1.165) is 63.0 Å². The summed E-state index contributed by atoms with van der Waals surface area (Å²) in [5.74, 6) is -1.61. The number of imidazole rings is 1. The number of aliphatic carboxylic acids is 2. The molecule has 2 aromatic heterocycles. The van der Waals surface area contributed by atoms with Crippen molar-refractivity contribution in [2.45, 2.75) is 13.3 Å². The molecule has 28 heavy (non-hydrogen) atoms. The second-order valence-electron chi connectivity index (χ2n) is 6.13. The van der Waals surface area contributed by atoms with Crippen molar-refractivity contribution in [1.29, 1.82) is 0 Å². The Bertz CT molecular complexity index is 804. The summed E-state index contributed by atoms with van der Waals surface area (Å²) in [4.78, 5) is 25.8. The van der Waals surface area contributed by atoms with Gasteiger partial charge in [-0.3, -0.25) is 4.90 Å². The van der Waals surface area contributed by atoms with E-state index in [1.165, 1.54) is 0 Å². The van der Waals surface area contributed by atoms with Gasteiger partial charge in [-0.05, 0) is 32.0 Å². The quantitative estimate of drug-likeness (QED) is 0.468. The molecule has 3 heterocycles. The highest BCUT2D eigenvalue weighted by Gasteiger charge is 2.09. The second kappa shape index (κ2) is 11.0. The molecule has 0 unspecified atom stereocenters. The first-order chi connectivity index (χ1) is 13.5. The van der Waals surface area contributed by atoms with E-state index < -0.39 is 11.9 Å². The van der Waals surface area contributed by atoms with Gasteiger partial charge >= 0.3 is 11.9 Å². The summed E-state index contributed by atoms with van der Waals surface area (Å²) < 4.78 is 7.21. The summed E-state index contributed by atoms with van der Waals surface area (Å²) in [5, 5.41) is 23.5. The highest BCUT2D eigenvalue weighted by Crippen LogP contribution is 2.08. The maximum atomic E-state index is 9.55. The summed E-state index contributed by atoms with van der Waals surface area (Å²) in [6.07, 6.45) is 4.07. The van der Waals surface area contributed by atoms with Gasteiger partial charge in [-0.2, -0.15) is 0 Å². The highest BCUT2D eigenvalue weighted by molar-refractivity contribution is 5.89. The number of aromatic nitrogens is 3. The highest BCUT2D eigenvalue weighted by atomic mass is 16.5. The van der Waals surface area contributed by atoms with E-state index in [9.17, 15) is 9.59 Å². The van der Waals surface area contributed by atoms with Crippen molar-refractivity contribution in [1.82, 2.24) is 19.5 Å². The third-order valence-corrected chi connectivity index (χ3v) is 3.96. The summed E-state index contributed by atoms with van der Waals surface area (Å²) >= 11 is 0. The zero-order valence-corrected chi connectivity index (χ0v) is 15.7. The number of morpholine rings is 1. The Balaban J connectivity index is 0.000000403. The zero-order chi connectivity index (χ0) is 20.4. The number of hydrogen-bond donors (Lipinski definition) is 3. The minimum Gasteiger partial charge on any atom is -0.478 e. The number of nitrogens with zero attached hydrogens (tertiary/aromatic N) is 4. The summed E-state index contributed by atoms with van der Waals surface area (Å²) in [6, 6.07) is 3.97. The molecule has 1 saturated heterocycles. The topological polar surface area (TPSA) is 129 Å². The standard InChI is InChI=1S/C14H21N5O.C4H4O4.H2/c1-12-11-16-14-4-3-13(17-19(12)14)15-5-2-6-18-7-9-20-10-8-18;5-3(6)1-2-4(7)8;/h3-4,11H,2,5-10H2,1H3,(H,15,17);1-2H,(H,5,6)(H,7,8);1H/b;2-1-;. The van der Waals surface area contributed by atoms with Gasteiger partial charge in [0.2, 0.25) is 0 Å². The summed E-state index contributed by atoms with van der Waals surface area (Å²) in [7, 11) is 0. The van der Waals surface area contributed by atoms with Crippen LogP contribution in [0.4, 0.5) is 5.82 Å². The van der Waals surface area contributed by atoms with E-state index in [2.05, 4.69) is 20.3 Å². The fraction of sp³-hybridized carbons (Fsp3) is 0.444. The van der Waals surface area contributed by atoms with E-state index in [4.69, 9.17) is 14.9 Å². The molecular formula is C18H27N5O5. The number of anilines is 1. The third-order valence-electron chi connectivity index (χ3n) is 3.96. The first-order valence-electron chi connectivity index (χ1n) is 8.95. The molecule has 0 bridgehead atoms. The molecule has 2 aromatic rings. The smallest absolute Gasteiger partial charge is 0.328 e. The van der Waals surface area contributed by atoms with Crippen LogP contribution in [-0.4, -0.2) is 81.0 Å². The molecule has 1 aliphatic rings. The van der Waals surface area contributed by atoms with Gasteiger partial charge in [0.05, 0.1) is 25.1 Å². The number of hydrogen-bond acceptors (Lipinski definition) is 7. The average molecular weight is 393 g/mol. The molecule has 0 radical (unpaired) electrons. The largest absolute Gasteiger partial charge is 0.478 e. The SMILES string of the molecule is Cc1cnc2ccc(NCCCN3CCOCC3)nn12.O=C(O)/C=C\C(=O)O.[HH]. The lowest BCUT2D eigenvalue weighted by Gasteiger charge is -2.26. The van der Waals surface area contributed by atoms with Crippen LogP contribution in [0.15, 0.2) is 30.5 Å². The first kappa shape index (κ1) is 21.3. The monoisotopic (exact) mass is 393 g/mol. The van der Waals surface area contributed by atoms with E-state index >= 15 is 0 Å². The molecule has 0 aromatic carbocycles. The van der Waals surface area contributed by atoms with Gasteiger partial charge in [-0.1, -0.05) is 0 Å².